The molecule has 0 aliphatic rings. The predicted octanol–water partition coefficient (Wildman–Crippen LogP) is 1.57. The average Bonchev–Trinajstić information content (AvgIpc) is 2.41. The van der Waals surface area contributed by atoms with E-state index in [0.717, 1.165) is 12.8 Å². The Bertz CT molecular complexity index is 713. The van der Waals surface area contributed by atoms with E-state index in [4.69, 9.17) is 5.73 Å². The van der Waals surface area contributed by atoms with E-state index >= 15 is 0 Å². The zero-order valence-corrected chi connectivity index (χ0v) is 11.3. The third-order valence-electron chi connectivity index (χ3n) is 3.29. The molecule has 0 unspecified atom stereocenters. The standard InChI is InChI=1S/C14H19N3O2/c1-3-5-8-17-14(19)12-9-10(15)6-7-11(12)13(18)16(17)4-2/h6-7,9H,3-5,8,15H2,1-2H3. The summed E-state index contributed by atoms with van der Waals surface area (Å²) in [5.74, 6) is 0. The van der Waals surface area contributed by atoms with Crippen LogP contribution in [0.4, 0.5) is 5.69 Å². The molecule has 1 aromatic carbocycles. The van der Waals surface area contributed by atoms with Gasteiger partial charge in [0.05, 0.1) is 10.8 Å². The SMILES string of the molecule is CCCCn1c(=O)c2cc(N)ccc2c(=O)n1CC. The Morgan fingerprint density at radius 3 is 2.37 bits per heavy atom. The summed E-state index contributed by atoms with van der Waals surface area (Å²) >= 11 is 0. The van der Waals surface area contributed by atoms with Gasteiger partial charge in [0.25, 0.3) is 11.1 Å². The summed E-state index contributed by atoms with van der Waals surface area (Å²) in [6.45, 7) is 4.96. The third-order valence-corrected chi connectivity index (χ3v) is 3.29. The van der Waals surface area contributed by atoms with Crippen LogP contribution in [0.5, 0.6) is 0 Å². The number of unbranched alkanes of at least 4 members (excludes halogenated alkanes) is 1. The Morgan fingerprint density at radius 2 is 1.74 bits per heavy atom. The lowest BCUT2D eigenvalue weighted by Crippen LogP contribution is -2.38. The number of benzene rings is 1. The van der Waals surface area contributed by atoms with Gasteiger partial charge in [0, 0.05) is 18.8 Å². The zero-order valence-electron chi connectivity index (χ0n) is 11.3. The minimum Gasteiger partial charge on any atom is -0.399 e. The van der Waals surface area contributed by atoms with Crippen LogP contribution in [0.3, 0.4) is 0 Å². The Morgan fingerprint density at radius 1 is 1.05 bits per heavy atom. The van der Waals surface area contributed by atoms with Crippen molar-refractivity contribution >= 4 is 16.5 Å². The van der Waals surface area contributed by atoms with Gasteiger partial charge in [0.1, 0.15) is 0 Å². The van der Waals surface area contributed by atoms with Gasteiger partial charge in [-0.15, -0.1) is 0 Å². The van der Waals surface area contributed by atoms with Crippen molar-refractivity contribution in [2.75, 3.05) is 5.73 Å². The van der Waals surface area contributed by atoms with Crippen molar-refractivity contribution in [1.29, 1.82) is 0 Å². The maximum atomic E-state index is 12.5. The molecule has 0 aliphatic carbocycles. The number of hydrogen-bond acceptors (Lipinski definition) is 3. The van der Waals surface area contributed by atoms with Crippen LogP contribution in [-0.4, -0.2) is 9.36 Å². The number of aromatic nitrogens is 2. The summed E-state index contributed by atoms with van der Waals surface area (Å²) in [5.41, 5.74) is 5.93. The second-order valence-electron chi connectivity index (χ2n) is 4.61. The molecule has 102 valence electrons. The summed E-state index contributed by atoms with van der Waals surface area (Å²) in [6, 6.07) is 4.87. The quantitative estimate of drug-likeness (QED) is 0.849. The highest BCUT2D eigenvalue weighted by atomic mass is 16.2. The third kappa shape index (κ3) is 2.28. The number of anilines is 1. The molecule has 0 atom stereocenters. The van der Waals surface area contributed by atoms with Crippen LogP contribution in [0.2, 0.25) is 0 Å². The van der Waals surface area contributed by atoms with Crippen LogP contribution in [0.25, 0.3) is 10.8 Å². The second-order valence-corrected chi connectivity index (χ2v) is 4.61. The van der Waals surface area contributed by atoms with Gasteiger partial charge < -0.3 is 5.73 Å². The topological polar surface area (TPSA) is 70.0 Å². The van der Waals surface area contributed by atoms with E-state index in [1.807, 2.05) is 6.92 Å². The maximum absolute atomic E-state index is 12.5. The first kappa shape index (κ1) is 13.4. The van der Waals surface area contributed by atoms with Crippen molar-refractivity contribution in [2.45, 2.75) is 39.8 Å². The highest BCUT2D eigenvalue weighted by Crippen LogP contribution is 2.10. The molecule has 0 bridgehead atoms. The molecule has 2 rings (SSSR count). The highest BCUT2D eigenvalue weighted by Gasteiger charge is 2.11. The highest BCUT2D eigenvalue weighted by molar-refractivity contribution is 5.83. The Hall–Kier alpha value is -2.04. The van der Waals surface area contributed by atoms with Crippen LogP contribution in [0, 0.1) is 0 Å². The van der Waals surface area contributed by atoms with E-state index < -0.39 is 0 Å². The molecule has 19 heavy (non-hydrogen) atoms. The van der Waals surface area contributed by atoms with Gasteiger partial charge >= 0.3 is 0 Å². The van der Waals surface area contributed by atoms with Gasteiger partial charge in [0.15, 0.2) is 0 Å². The van der Waals surface area contributed by atoms with Crippen molar-refractivity contribution in [2.24, 2.45) is 0 Å². The van der Waals surface area contributed by atoms with Crippen molar-refractivity contribution in [3.8, 4) is 0 Å². The Balaban J connectivity index is 2.83. The first-order valence-corrected chi connectivity index (χ1v) is 6.63. The van der Waals surface area contributed by atoms with Crippen molar-refractivity contribution in [3.05, 3.63) is 38.9 Å². The van der Waals surface area contributed by atoms with Crippen LogP contribution >= 0.6 is 0 Å². The average molecular weight is 261 g/mol. The first-order chi connectivity index (χ1) is 9.10. The van der Waals surface area contributed by atoms with Gasteiger partial charge in [-0.05, 0) is 31.5 Å². The molecule has 0 aliphatic heterocycles. The monoisotopic (exact) mass is 261 g/mol. The largest absolute Gasteiger partial charge is 0.399 e. The Labute approximate surface area is 111 Å². The normalized spacial score (nSPS) is 11.1. The molecular formula is C14H19N3O2. The lowest BCUT2D eigenvalue weighted by Gasteiger charge is -2.15. The number of nitrogens with zero attached hydrogens (tertiary/aromatic N) is 2. The molecule has 0 amide bonds. The minimum atomic E-state index is -0.141. The molecular weight excluding hydrogens is 242 g/mol. The molecule has 0 saturated carbocycles. The van der Waals surface area contributed by atoms with E-state index in [-0.39, 0.29) is 11.1 Å². The molecule has 1 aromatic heterocycles. The summed E-state index contributed by atoms with van der Waals surface area (Å²) in [7, 11) is 0. The van der Waals surface area contributed by atoms with Crippen LogP contribution in [0.15, 0.2) is 27.8 Å². The van der Waals surface area contributed by atoms with E-state index in [9.17, 15) is 9.59 Å². The molecule has 5 heteroatoms. The molecule has 5 nitrogen and oxygen atoms in total. The maximum Gasteiger partial charge on any atom is 0.273 e. The number of hydrogen-bond donors (Lipinski definition) is 1. The zero-order chi connectivity index (χ0) is 14.0. The molecule has 0 radical (unpaired) electrons. The van der Waals surface area contributed by atoms with Crippen LogP contribution in [-0.2, 0) is 13.1 Å². The molecule has 2 aromatic rings. The number of nitrogens with two attached hydrogens (primary N) is 1. The van der Waals surface area contributed by atoms with E-state index in [2.05, 4.69) is 6.92 Å². The first-order valence-electron chi connectivity index (χ1n) is 6.63. The van der Waals surface area contributed by atoms with Gasteiger partial charge in [-0.3, -0.25) is 9.59 Å². The van der Waals surface area contributed by atoms with Crippen molar-refractivity contribution < 1.29 is 0 Å². The van der Waals surface area contributed by atoms with Crippen molar-refractivity contribution in [3.63, 3.8) is 0 Å². The Kier molecular flexibility index (Phi) is 3.74. The van der Waals surface area contributed by atoms with E-state index in [1.54, 1.807) is 18.2 Å². The summed E-state index contributed by atoms with van der Waals surface area (Å²) in [6.07, 6.45) is 1.84. The fourth-order valence-corrected chi connectivity index (χ4v) is 2.27. The molecule has 2 N–H and O–H groups in total. The smallest absolute Gasteiger partial charge is 0.273 e. The summed E-state index contributed by atoms with van der Waals surface area (Å²) < 4.78 is 3.05. The fourth-order valence-electron chi connectivity index (χ4n) is 2.27. The van der Waals surface area contributed by atoms with Gasteiger partial charge in [-0.25, -0.2) is 9.36 Å². The van der Waals surface area contributed by atoms with Gasteiger partial charge in [-0.1, -0.05) is 13.3 Å². The number of rotatable bonds is 4. The van der Waals surface area contributed by atoms with Crippen molar-refractivity contribution in [1.82, 2.24) is 9.36 Å². The second kappa shape index (κ2) is 5.30. The minimum absolute atomic E-state index is 0.131. The lowest BCUT2D eigenvalue weighted by atomic mass is 10.1. The van der Waals surface area contributed by atoms with Crippen LogP contribution in [0.1, 0.15) is 26.7 Å². The summed E-state index contributed by atoms with van der Waals surface area (Å²) in [5, 5.41) is 0.847. The number of fused-ring (bicyclic) bond motifs is 1. The molecule has 0 spiro atoms. The molecule has 0 fully saturated rings. The fraction of sp³-hybridized carbons (Fsp3) is 0.429. The van der Waals surface area contributed by atoms with Gasteiger partial charge in [0.2, 0.25) is 0 Å². The van der Waals surface area contributed by atoms with Crippen LogP contribution < -0.4 is 16.9 Å². The predicted molar refractivity (Wildman–Crippen MR) is 77.5 cm³/mol. The van der Waals surface area contributed by atoms with E-state index in [1.165, 1.54) is 9.36 Å². The van der Waals surface area contributed by atoms with Gasteiger partial charge in [-0.2, -0.15) is 0 Å². The van der Waals surface area contributed by atoms with E-state index in [0.29, 0.717) is 29.5 Å². The molecule has 1 heterocycles. The number of nitrogen functional groups attached to an aromatic ring is 1. The summed E-state index contributed by atoms with van der Waals surface area (Å²) in [4.78, 5) is 24.8. The molecule has 0 saturated heterocycles. The lowest BCUT2D eigenvalue weighted by molar-refractivity contribution is 0.420.